The van der Waals surface area contributed by atoms with Crippen molar-refractivity contribution in [1.82, 2.24) is 14.8 Å². The summed E-state index contributed by atoms with van der Waals surface area (Å²) in [5.74, 6) is 1.57. The molecule has 0 spiro atoms. The Labute approximate surface area is 155 Å². The van der Waals surface area contributed by atoms with Crippen molar-refractivity contribution in [2.45, 2.75) is 24.4 Å². The number of hydrogen-bond acceptors (Lipinski definition) is 4. The molecule has 3 rings (SSSR count). The number of hydrogen-bond donors (Lipinski definition) is 0. The van der Waals surface area contributed by atoms with E-state index in [-0.39, 0.29) is 12.4 Å². The van der Waals surface area contributed by atoms with Gasteiger partial charge < -0.3 is 9.30 Å². The Hall–Kier alpha value is -2.05. The standard InChI is InChI=1S/C18H17ClFN3OS/c1-12-7-8-14(19)16(9-12)24-10-17-21-22-18(23(17)2)25-11-13-5-3-4-6-15(13)20/h3-9H,10-11H2,1-2H3. The first-order chi connectivity index (χ1) is 12.0. The summed E-state index contributed by atoms with van der Waals surface area (Å²) in [7, 11) is 1.86. The second-order valence-electron chi connectivity index (χ2n) is 5.56. The average molecular weight is 378 g/mol. The summed E-state index contributed by atoms with van der Waals surface area (Å²) in [6.45, 7) is 2.23. The van der Waals surface area contributed by atoms with Crippen molar-refractivity contribution in [1.29, 1.82) is 0 Å². The Morgan fingerprint density at radius 1 is 1.20 bits per heavy atom. The van der Waals surface area contributed by atoms with Crippen LogP contribution in [0.2, 0.25) is 5.02 Å². The highest BCUT2D eigenvalue weighted by molar-refractivity contribution is 7.98. The van der Waals surface area contributed by atoms with Crippen LogP contribution in [0.5, 0.6) is 5.75 Å². The molecule has 0 bridgehead atoms. The lowest BCUT2D eigenvalue weighted by Gasteiger charge is -2.09. The van der Waals surface area contributed by atoms with Crippen LogP contribution in [-0.2, 0) is 19.4 Å². The highest BCUT2D eigenvalue weighted by atomic mass is 35.5. The molecule has 0 fully saturated rings. The normalized spacial score (nSPS) is 10.9. The quantitative estimate of drug-likeness (QED) is 0.579. The predicted octanol–water partition coefficient (Wildman–Crippen LogP) is 4.79. The number of halogens is 2. The lowest BCUT2D eigenvalue weighted by Crippen LogP contribution is -2.04. The molecule has 0 aliphatic heterocycles. The maximum atomic E-state index is 13.7. The average Bonchev–Trinajstić information content (AvgIpc) is 2.95. The number of rotatable bonds is 6. The summed E-state index contributed by atoms with van der Waals surface area (Å²) >= 11 is 7.56. The van der Waals surface area contributed by atoms with E-state index in [1.807, 2.05) is 36.7 Å². The second kappa shape index (κ2) is 7.89. The van der Waals surface area contributed by atoms with Crippen molar-refractivity contribution in [3.8, 4) is 5.75 Å². The summed E-state index contributed by atoms with van der Waals surface area (Å²) < 4.78 is 21.3. The predicted molar refractivity (Wildman–Crippen MR) is 97.5 cm³/mol. The first-order valence-corrected chi connectivity index (χ1v) is 9.04. The van der Waals surface area contributed by atoms with E-state index in [2.05, 4.69) is 10.2 Å². The maximum absolute atomic E-state index is 13.7. The van der Waals surface area contributed by atoms with Crippen molar-refractivity contribution in [2.75, 3.05) is 0 Å². The number of aryl methyl sites for hydroxylation is 1. The van der Waals surface area contributed by atoms with Crippen LogP contribution in [0.1, 0.15) is 17.0 Å². The van der Waals surface area contributed by atoms with Crippen LogP contribution in [-0.4, -0.2) is 14.8 Å². The fourth-order valence-electron chi connectivity index (χ4n) is 2.22. The largest absolute Gasteiger partial charge is 0.484 e. The number of nitrogens with zero attached hydrogens (tertiary/aromatic N) is 3. The Kier molecular flexibility index (Phi) is 5.60. The van der Waals surface area contributed by atoms with Crippen LogP contribution in [0.25, 0.3) is 0 Å². The molecule has 0 unspecified atom stereocenters. The molecule has 25 heavy (non-hydrogen) atoms. The smallest absolute Gasteiger partial charge is 0.191 e. The SMILES string of the molecule is Cc1ccc(Cl)c(OCc2nnc(SCc3ccccc3F)n2C)c1. The van der Waals surface area contributed by atoms with Crippen LogP contribution in [0.15, 0.2) is 47.6 Å². The minimum Gasteiger partial charge on any atom is -0.484 e. The monoisotopic (exact) mass is 377 g/mol. The Morgan fingerprint density at radius 3 is 2.80 bits per heavy atom. The van der Waals surface area contributed by atoms with Crippen LogP contribution < -0.4 is 4.74 Å². The zero-order valence-electron chi connectivity index (χ0n) is 13.9. The van der Waals surface area contributed by atoms with Gasteiger partial charge >= 0.3 is 0 Å². The van der Waals surface area contributed by atoms with E-state index >= 15 is 0 Å². The van der Waals surface area contributed by atoms with Gasteiger partial charge in [0.15, 0.2) is 11.0 Å². The topological polar surface area (TPSA) is 39.9 Å². The number of aromatic nitrogens is 3. The molecule has 0 radical (unpaired) electrons. The fourth-order valence-corrected chi connectivity index (χ4v) is 3.31. The minimum absolute atomic E-state index is 0.213. The molecule has 2 aromatic carbocycles. The summed E-state index contributed by atoms with van der Waals surface area (Å²) in [5, 5.41) is 9.56. The third-order valence-electron chi connectivity index (χ3n) is 3.68. The summed E-state index contributed by atoms with van der Waals surface area (Å²) in [6.07, 6.45) is 0. The van der Waals surface area contributed by atoms with Gasteiger partial charge in [-0.05, 0) is 36.2 Å². The van der Waals surface area contributed by atoms with Gasteiger partial charge in [-0.1, -0.05) is 47.6 Å². The van der Waals surface area contributed by atoms with Gasteiger partial charge in [-0.25, -0.2) is 4.39 Å². The van der Waals surface area contributed by atoms with Gasteiger partial charge in [-0.3, -0.25) is 0 Å². The van der Waals surface area contributed by atoms with Gasteiger partial charge in [0.1, 0.15) is 18.2 Å². The highest BCUT2D eigenvalue weighted by Crippen LogP contribution is 2.27. The molecule has 0 aliphatic carbocycles. The number of ether oxygens (including phenoxy) is 1. The van der Waals surface area contributed by atoms with Gasteiger partial charge in [-0.2, -0.15) is 0 Å². The van der Waals surface area contributed by atoms with Gasteiger partial charge in [0, 0.05) is 12.8 Å². The number of thioether (sulfide) groups is 1. The molecule has 0 amide bonds. The number of benzene rings is 2. The molecule has 1 heterocycles. The first-order valence-electron chi connectivity index (χ1n) is 7.68. The van der Waals surface area contributed by atoms with E-state index < -0.39 is 0 Å². The van der Waals surface area contributed by atoms with Crippen molar-refractivity contribution >= 4 is 23.4 Å². The summed E-state index contributed by atoms with van der Waals surface area (Å²) in [4.78, 5) is 0. The van der Waals surface area contributed by atoms with Gasteiger partial charge in [0.2, 0.25) is 0 Å². The zero-order chi connectivity index (χ0) is 17.8. The maximum Gasteiger partial charge on any atom is 0.191 e. The molecular formula is C18H17ClFN3OS. The third kappa shape index (κ3) is 4.32. The van der Waals surface area contributed by atoms with Crippen LogP contribution in [0, 0.1) is 12.7 Å². The van der Waals surface area contributed by atoms with Crippen LogP contribution >= 0.6 is 23.4 Å². The molecule has 0 atom stereocenters. The summed E-state index contributed by atoms with van der Waals surface area (Å²) in [6, 6.07) is 12.3. The molecule has 7 heteroatoms. The highest BCUT2D eigenvalue weighted by Gasteiger charge is 2.12. The molecule has 1 aromatic heterocycles. The molecule has 0 saturated heterocycles. The lowest BCUT2D eigenvalue weighted by molar-refractivity contribution is 0.290. The second-order valence-corrected chi connectivity index (χ2v) is 6.91. The lowest BCUT2D eigenvalue weighted by atomic mass is 10.2. The van der Waals surface area contributed by atoms with Crippen molar-refractivity contribution in [2.24, 2.45) is 7.05 Å². The minimum atomic E-state index is -0.213. The van der Waals surface area contributed by atoms with Gasteiger partial charge in [0.05, 0.1) is 5.02 Å². The summed E-state index contributed by atoms with van der Waals surface area (Å²) in [5.41, 5.74) is 1.71. The molecule has 3 aromatic rings. The van der Waals surface area contributed by atoms with Crippen molar-refractivity contribution in [3.63, 3.8) is 0 Å². The van der Waals surface area contributed by atoms with Crippen molar-refractivity contribution in [3.05, 3.63) is 70.3 Å². The first kappa shape index (κ1) is 17.8. The molecular weight excluding hydrogens is 361 g/mol. The van der Waals surface area contributed by atoms with E-state index in [0.717, 1.165) is 5.56 Å². The van der Waals surface area contributed by atoms with Crippen molar-refractivity contribution < 1.29 is 9.13 Å². The molecule has 0 saturated carbocycles. The molecule has 0 aliphatic rings. The third-order valence-corrected chi connectivity index (χ3v) is 5.06. The Balaban J connectivity index is 1.65. The Bertz CT molecular complexity index is 885. The molecule has 130 valence electrons. The zero-order valence-corrected chi connectivity index (χ0v) is 15.4. The van der Waals surface area contributed by atoms with Gasteiger partial charge in [-0.15, -0.1) is 10.2 Å². The van der Waals surface area contributed by atoms with E-state index in [0.29, 0.717) is 33.1 Å². The van der Waals surface area contributed by atoms with Crippen LogP contribution in [0.3, 0.4) is 0 Å². The fraction of sp³-hybridized carbons (Fsp3) is 0.222. The van der Waals surface area contributed by atoms with E-state index in [9.17, 15) is 4.39 Å². The van der Waals surface area contributed by atoms with E-state index in [1.54, 1.807) is 18.2 Å². The van der Waals surface area contributed by atoms with Crippen LogP contribution in [0.4, 0.5) is 4.39 Å². The van der Waals surface area contributed by atoms with Gasteiger partial charge in [0.25, 0.3) is 0 Å². The van der Waals surface area contributed by atoms with E-state index in [1.165, 1.54) is 17.8 Å². The Morgan fingerprint density at radius 2 is 2.00 bits per heavy atom. The van der Waals surface area contributed by atoms with E-state index in [4.69, 9.17) is 16.3 Å². The molecule has 0 N–H and O–H groups in total. The molecule has 4 nitrogen and oxygen atoms in total.